The van der Waals surface area contributed by atoms with Crippen molar-refractivity contribution >= 4 is 27.6 Å². The highest BCUT2D eigenvalue weighted by Crippen LogP contribution is 2.36. The van der Waals surface area contributed by atoms with Crippen LogP contribution < -0.4 is 10.6 Å². The van der Waals surface area contributed by atoms with Gasteiger partial charge in [-0.05, 0) is 37.4 Å². The first-order valence-corrected chi connectivity index (χ1v) is 14.8. The van der Waals surface area contributed by atoms with E-state index in [9.17, 15) is 21.6 Å². The number of benzene rings is 1. The van der Waals surface area contributed by atoms with Crippen LogP contribution >= 0.6 is 11.6 Å². The van der Waals surface area contributed by atoms with Crippen molar-refractivity contribution in [2.45, 2.75) is 51.4 Å². The molecule has 9 nitrogen and oxygen atoms in total. The van der Waals surface area contributed by atoms with Gasteiger partial charge in [0.2, 0.25) is 16.0 Å². The number of aromatic nitrogens is 4. The van der Waals surface area contributed by atoms with E-state index in [4.69, 9.17) is 11.6 Å². The molecule has 0 aliphatic carbocycles. The predicted octanol–water partition coefficient (Wildman–Crippen LogP) is 4.38. The lowest BCUT2D eigenvalue weighted by molar-refractivity contribution is -0.137. The first kappa shape index (κ1) is 29.2. The Labute approximate surface area is 230 Å². The number of rotatable bonds is 9. The molecule has 2 N–H and O–H groups in total. The smallest absolute Gasteiger partial charge is 0.351 e. The lowest BCUT2D eigenvalue weighted by Gasteiger charge is -2.30. The molecule has 3 aromatic rings. The molecule has 1 fully saturated rings. The molecule has 1 aromatic carbocycles. The van der Waals surface area contributed by atoms with E-state index in [2.05, 4.69) is 39.4 Å². The summed E-state index contributed by atoms with van der Waals surface area (Å²) in [4.78, 5) is 12.3. The van der Waals surface area contributed by atoms with Gasteiger partial charge in [-0.25, -0.2) is 27.7 Å². The quantitative estimate of drug-likeness (QED) is 0.384. The van der Waals surface area contributed by atoms with Gasteiger partial charge < -0.3 is 15.2 Å². The average molecular weight is 586 g/mol. The van der Waals surface area contributed by atoms with E-state index in [-0.39, 0.29) is 23.4 Å². The Morgan fingerprint density at radius 2 is 1.90 bits per heavy atom. The number of nitrogens with zero attached hydrogens (tertiary/aromatic N) is 5. The highest BCUT2D eigenvalue weighted by atomic mass is 35.5. The summed E-state index contributed by atoms with van der Waals surface area (Å²) in [6.45, 7) is 5.45. The highest BCUT2D eigenvalue weighted by Gasteiger charge is 2.36. The van der Waals surface area contributed by atoms with Crippen LogP contribution in [0.5, 0.6) is 0 Å². The van der Waals surface area contributed by atoms with Crippen molar-refractivity contribution in [1.29, 1.82) is 0 Å². The van der Waals surface area contributed by atoms with Gasteiger partial charge in [-0.15, -0.1) is 0 Å². The van der Waals surface area contributed by atoms with Gasteiger partial charge >= 0.3 is 6.18 Å². The summed E-state index contributed by atoms with van der Waals surface area (Å²) in [6, 6.07) is 5.67. The van der Waals surface area contributed by atoms with Crippen molar-refractivity contribution < 1.29 is 21.6 Å². The largest absolute Gasteiger partial charge is 0.420 e. The van der Waals surface area contributed by atoms with Gasteiger partial charge in [0.15, 0.2) is 0 Å². The first-order chi connectivity index (χ1) is 18.3. The zero-order valence-corrected chi connectivity index (χ0v) is 23.4. The van der Waals surface area contributed by atoms with Crippen LogP contribution in [0.2, 0.25) is 5.02 Å². The third kappa shape index (κ3) is 7.27. The standard InChI is InChI=1S/C25H31ClF3N7O2S/c1-16(2)30-10-7-17-5-4-6-21(22(17)26)35-14-20(32-15-35)23-19(25(27,28)29)13-31-24(34-23)33-18-8-11-36(12-9-18)39(3,37)38/h4-6,13-16,18,30H,7-12H2,1-3H3,(H,31,33,34). The van der Waals surface area contributed by atoms with Crippen LogP contribution in [0.4, 0.5) is 19.1 Å². The average Bonchev–Trinajstić information content (AvgIpc) is 3.34. The van der Waals surface area contributed by atoms with Crippen LogP contribution in [0.15, 0.2) is 36.9 Å². The molecule has 0 atom stereocenters. The molecular formula is C25H31ClF3N7O2S. The monoisotopic (exact) mass is 585 g/mol. The number of hydrogen-bond donors (Lipinski definition) is 2. The summed E-state index contributed by atoms with van der Waals surface area (Å²) in [6.07, 6.45) is 1.70. The molecule has 2 aromatic heterocycles. The molecule has 0 unspecified atom stereocenters. The molecule has 0 bridgehead atoms. The molecule has 39 heavy (non-hydrogen) atoms. The maximum atomic E-state index is 13.9. The zero-order valence-electron chi connectivity index (χ0n) is 21.8. The number of alkyl halides is 3. The van der Waals surface area contributed by atoms with Crippen LogP contribution in [-0.4, -0.2) is 70.2 Å². The number of anilines is 1. The van der Waals surface area contributed by atoms with Gasteiger partial charge in [0.1, 0.15) is 23.3 Å². The van der Waals surface area contributed by atoms with E-state index in [0.29, 0.717) is 49.1 Å². The molecule has 1 aliphatic rings. The van der Waals surface area contributed by atoms with Crippen molar-refractivity contribution in [1.82, 2.24) is 29.1 Å². The summed E-state index contributed by atoms with van der Waals surface area (Å²) in [7, 11) is -3.30. The van der Waals surface area contributed by atoms with Gasteiger partial charge in [0.05, 0.1) is 17.0 Å². The van der Waals surface area contributed by atoms with E-state index < -0.39 is 21.8 Å². The topological polar surface area (TPSA) is 105 Å². The fourth-order valence-electron chi connectivity index (χ4n) is 4.40. The van der Waals surface area contributed by atoms with Gasteiger partial charge in [-0.1, -0.05) is 37.6 Å². The van der Waals surface area contributed by atoms with Crippen molar-refractivity contribution in [3.05, 3.63) is 53.1 Å². The second-order valence-electron chi connectivity index (χ2n) is 9.81. The molecule has 4 rings (SSSR count). The molecule has 0 amide bonds. The van der Waals surface area contributed by atoms with Gasteiger partial charge in [-0.3, -0.25) is 0 Å². The van der Waals surface area contributed by atoms with Crippen molar-refractivity contribution in [3.63, 3.8) is 0 Å². The van der Waals surface area contributed by atoms with Gasteiger partial charge in [0, 0.05) is 37.6 Å². The molecule has 212 valence electrons. The van der Waals surface area contributed by atoms with Crippen molar-refractivity contribution in [2.75, 3.05) is 31.2 Å². The summed E-state index contributed by atoms with van der Waals surface area (Å²) in [5.74, 6) is 0.0167. The summed E-state index contributed by atoms with van der Waals surface area (Å²) in [5, 5.41) is 6.88. The van der Waals surface area contributed by atoms with Gasteiger partial charge in [0.25, 0.3) is 0 Å². The molecule has 3 heterocycles. The van der Waals surface area contributed by atoms with Crippen molar-refractivity contribution in [2.24, 2.45) is 0 Å². The highest BCUT2D eigenvalue weighted by molar-refractivity contribution is 7.88. The SMILES string of the molecule is CC(C)NCCc1cccc(-n2cnc(-c3nc(NC4CCN(S(C)(=O)=O)CC4)ncc3C(F)(F)F)c2)c1Cl. The maximum Gasteiger partial charge on any atom is 0.420 e. The molecular weight excluding hydrogens is 555 g/mol. The first-order valence-electron chi connectivity index (χ1n) is 12.5. The van der Waals surface area contributed by atoms with Crippen LogP contribution in [-0.2, 0) is 22.6 Å². The lowest BCUT2D eigenvalue weighted by atomic mass is 10.1. The van der Waals surface area contributed by atoms with E-state index >= 15 is 0 Å². The Morgan fingerprint density at radius 1 is 1.18 bits per heavy atom. The van der Waals surface area contributed by atoms with E-state index in [0.717, 1.165) is 24.6 Å². The number of piperidine rings is 1. The minimum Gasteiger partial charge on any atom is -0.351 e. The Morgan fingerprint density at radius 3 is 2.54 bits per heavy atom. The Kier molecular flexibility index (Phi) is 8.84. The van der Waals surface area contributed by atoms with Crippen LogP contribution in [0.25, 0.3) is 17.1 Å². The molecule has 1 aliphatic heterocycles. The minimum atomic E-state index is -4.69. The fourth-order valence-corrected chi connectivity index (χ4v) is 5.59. The minimum absolute atomic E-state index is 0.0163. The maximum absolute atomic E-state index is 13.9. The second-order valence-corrected chi connectivity index (χ2v) is 12.2. The number of hydrogen-bond acceptors (Lipinski definition) is 7. The van der Waals surface area contributed by atoms with Crippen molar-refractivity contribution in [3.8, 4) is 17.1 Å². The number of sulfonamides is 1. The summed E-state index contributed by atoms with van der Waals surface area (Å²) >= 11 is 6.66. The lowest BCUT2D eigenvalue weighted by Crippen LogP contribution is -2.42. The third-order valence-corrected chi connectivity index (χ3v) is 8.20. The molecule has 14 heteroatoms. The Balaban J connectivity index is 1.59. The van der Waals surface area contributed by atoms with E-state index in [1.807, 2.05) is 12.1 Å². The third-order valence-electron chi connectivity index (χ3n) is 6.46. The molecule has 0 saturated carbocycles. The van der Waals surface area contributed by atoms with Gasteiger partial charge in [-0.2, -0.15) is 13.2 Å². The number of halogens is 4. The summed E-state index contributed by atoms with van der Waals surface area (Å²) in [5.41, 5.74) is 0.146. The number of imidazole rings is 1. The predicted molar refractivity (Wildman–Crippen MR) is 145 cm³/mol. The Hall–Kier alpha value is -2.74. The Bertz CT molecular complexity index is 1400. The van der Waals surface area contributed by atoms with Crippen LogP contribution in [0, 0.1) is 0 Å². The zero-order chi connectivity index (χ0) is 28.4. The van der Waals surface area contributed by atoms with Crippen LogP contribution in [0.1, 0.15) is 37.8 Å². The number of nitrogens with one attached hydrogen (secondary N) is 2. The van der Waals surface area contributed by atoms with Crippen LogP contribution in [0.3, 0.4) is 0 Å². The molecule has 1 saturated heterocycles. The van der Waals surface area contributed by atoms with E-state index in [1.165, 1.54) is 16.8 Å². The fraction of sp³-hybridized carbons (Fsp3) is 0.480. The molecule has 0 radical (unpaired) electrons. The normalized spacial score (nSPS) is 15.7. The molecule has 0 spiro atoms. The van der Waals surface area contributed by atoms with E-state index in [1.54, 1.807) is 10.6 Å². The summed E-state index contributed by atoms with van der Waals surface area (Å²) < 4.78 is 68.1. The second kappa shape index (κ2) is 11.8.